The van der Waals surface area contributed by atoms with Crippen LogP contribution in [-0.4, -0.2) is 30.3 Å². The molecule has 5 nitrogen and oxygen atoms in total. The van der Waals surface area contributed by atoms with Crippen molar-refractivity contribution in [2.75, 3.05) is 6.61 Å². The van der Waals surface area contributed by atoms with Crippen LogP contribution in [0.3, 0.4) is 0 Å². The summed E-state index contributed by atoms with van der Waals surface area (Å²) >= 11 is 0. The molecule has 0 radical (unpaired) electrons. The maximum Gasteiger partial charge on any atom is 0.407 e. The monoisotopic (exact) mass is 257 g/mol. The van der Waals surface area contributed by atoms with Gasteiger partial charge in [0.15, 0.2) is 0 Å². The first kappa shape index (κ1) is 16.5. The van der Waals surface area contributed by atoms with Gasteiger partial charge in [-0.25, -0.2) is 9.59 Å². The summed E-state index contributed by atoms with van der Waals surface area (Å²) in [4.78, 5) is 22.7. The van der Waals surface area contributed by atoms with Crippen LogP contribution in [0, 0.1) is 0 Å². The number of hydrogen-bond acceptors (Lipinski definition) is 4. The van der Waals surface area contributed by atoms with Crippen molar-refractivity contribution in [3.05, 3.63) is 12.2 Å². The second-order valence-corrected chi connectivity index (χ2v) is 5.19. The van der Waals surface area contributed by atoms with E-state index in [2.05, 4.69) is 11.9 Å². The Morgan fingerprint density at radius 3 is 2.28 bits per heavy atom. The van der Waals surface area contributed by atoms with E-state index in [1.165, 1.54) is 0 Å². The average Bonchev–Trinajstić information content (AvgIpc) is 2.20. The van der Waals surface area contributed by atoms with Gasteiger partial charge in [-0.2, -0.15) is 0 Å². The zero-order valence-electron chi connectivity index (χ0n) is 11.8. The van der Waals surface area contributed by atoms with E-state index in [4.69, 9.17) is 9.47 Å². The van der Waals surface area contributed by atoms with Gasteiger partial charge in [0.05, 0.1) is 0 Å². The van der Waals surface area contributed by atoms with Gasteiger partial charge in [0.25, 0.3) is 0 Å². The third-order valence-corrected chi connectivity index (χ3v) is 1.95. The smallest absolute Gasteiger partial charge is 0.407 e. The number of carbonyl (C=O) groups is 2. The van der Waals surface area contributed by atoms with Gasteiger partial charge in [0.1, 0.15) is 12.7 Å². The molecule has 1 unspecified atom stereocenters. The number of hydrogen-bond donors (Lipinski definition) is 1. The van der Waals surface area contributed by atoms with Crippen molar-refractivity contribution in [2.45, 2.75) is 52.7 Å². The molecule has 0 aromatic carbocycles. The van der Waals surface area contributed by atoms with Crippen LogP contribution in [0.1, 0.15) is 41.0 Å². The first-order valence-corrected chi connectivity index (χ1v) is 5.97. The van der Waals surface area contributed by atoms with Crippen LogP contribution in [0.4, 0.5) is 4.79 Å². The third-order valence-electron chi connectivity index (χ3n) is 1.95. The van der Waals surface area contributed by atoms with Crippen molar-refractivity contribution < 1.29 is 19.1 Å². The van der Waals surface area contributed by atoms with Gasteiger partial charge in [0, 0.05) is 11.1 Å². The van der Waals surface area contributed by atoms with Gasteiger partial charge in [-0.3, -0.25) is 0 Å². The van der Waals surface area contributed by atoms with E-state index in [1.54, 1.807) is 6.92 Å². The highest BCUT2D eigenvalue weighted by Gasteiger charge is 2.19. The van der Waals surface area contributed by atoms with Crippen LogP contribution < -0.4 is 5.32 Å². The van der Waals surface area contributed by atoms with Gasteiger partial charge < -0.3 is 14.8 Å². The Hall–Kier alpha value is -1.52. The summed E-state index contributed by atoms with van der Waals surface area (Å²) in [6.07, 6.45) is -0.391. The highest BCUT2D eigenvalue weighted by Crippen LogP contribution is 2.05. The van der Waals surface area contributed by atoms with Crippen molar-refractivity contribution in [1.82, 2.24) is 5.32 Å². The average molecular weight is 257 g/mol. The summed E-state index contributed by atoms with van der Waals surface area (Å²) in [5.41, 5.74) is -0.0342. The molecule has 0 aliphatic heterocycles. The molecule has 0 aromatic rings. The lowest BCUT2D eigenvalue weighted by molar-refractivity contribution is -0.142. The summed E-state index contributed by atoms with van der Waals surface area (Å²) in [6.45, 7) is 12.5. The van der Waals surface area contributed by atoms with Crippen molar-refractivity contribution in [3.8, 4) is 0 Å². The van der Waals surface area contributed by atoms with E-state index in [-0.39, 0.29) is 12.1 Å². The molecule has 104 valence electrons. The van der Waals surface area contributed by atoms with Gasteiger partial charge in [-0.05, 0) is 34.1 Å². The molecule has 0 heterocycles. The summed E-state index contributed by atoms with van der Waals surface area (Å²) in [7, 11) is 0. The number of esters is 1. The van der Waals surface area contributed by atoms with Crippen molar-refractivity contribution >= 4 is 12.1 Å². The predicted octanol–water partition coefficient (Wildman–Crippen LogP) is 2.41. The maximum atomic E-state index is 11.5. The Labute approximate surface area is 109 Å². The second kappa shape index (κ2) is 7.03. The molecule has 0 spiro atoms. The standard InChI is InChI=1S/C13H23NO4/c1-7-10(8-17-11(15)9(2)3)18-12(16)14-13(4,5)6/h10H,2,7-8H2,1,3-6H3,(H,14,16). The summed E-state index contributed by atoms with van der Waals surface area (Å²) < 4.78 is 10.1. The highest BCUT2D eigenvalue weighted by atomic mass is 16.6. The number of ether oxygens (including phenoxy) is 2. The summed E-state index contributed by atoms with van der Waals surface area (Å²) in [5.74, 6) is -0.478. The molecule has 0 saturated carbocycles. The molecule has 0 bridgehead atoms. The number of carbonyl (C=O) groups excluding carboxylic acids is 2. The molecular weight excluding hydrogens is 234 g/mol. The molecule has 0 aromatic heterocycles. The van der Waals surface area contributed by atoms with Crippen molar-refractivity contribution in [3.63, 3.8) is 0 Å². The van der Waals surface area contributed by atoms with E-state index < -0.39 is 18.2 Å². The Balaban J connectivity index is 4.15. The zero-order chi connectivity index (χ0) is 14.3. The Kier molecular flexibility index (Phi) is 6.44. The normalized spacial score (nSPS) is 12.5. The second-order valence-electron chi connectivity index (χ2n) is 5.19. The molecule has 5 heteroatoms. The Morgan fingerprint density at radius 1 is 1.33 bits per heavy atom. The zero-order valence-corrected chi connectivity index (χ0v) is 11.8. The van der Waals surface area contributed by atoms with Gasteiger partial charge >= 0.3 is 12.1 Å². The third kappa shape index (κ3) is 7.70. The lowest BCUT2D eigenvalue weighted by Crippen LogP contribution is -2.42. The van der Waals surface area contributed by atoms with Gasteiger partial charge in [0.2, 0.25) is 0 Å². The predicted molar refractivity (Wildman–Crippen MR) is 69.2 cm³/mol. The molecular formula is C13H23NO4. The van der Waals surface area contributed by atoms with E-state index in [9.17, 15) is 9.59 Å². The lowest BCUT2D eigenvalue weighted by atomic mass is 10.1. The van der Waals surface area contributed by atoms with Crippen LogP contribution in [-0.2, 0) is 14.3 Å². The molecule has 1 N–H and O–H groups in total. The van der Waals surface area contributed by atoms with Crippen LogP contribution in [0.2, 0.25) is 0 Å². The quantitative estimate of drug-likeness (QED) is 0.606. The maximum absolute atomic E-state index is 11.5. The fourth-order valence-corrected chi connectivity index (χ4v) is 1.01. The number of amides is 1. The number of alkyl carbamates (subject to hydrolysis) is 1. The van der Waals surface area contributed by atoms with E-state index in [0.29, 0.717) is 12.0 Å². The van der Waals surface area contributed by atoms with E-state index in [0.717, 1.165) is 0 Å². The minimum atomic E-state index is -0.513. The lowest BCUT2D eigenvalue weighted by Gasteiger charge is -2.23. The van der Waals surface area contributed by atoms with Gasteiger partial charge in [-0.1, -0.05) is 13.5 Å². The molecule has 0 aliphatic carbocycles. The van der Waals surface area contributed by atoms with Crippen molar-refractivity contribution in [2.24, 2.45) is 0 Å². The molecule has 0 aliphatic rings. The molecule has 18 heavy (non-hydrogen) atoms. The van der Waals surface area contributed by atoms with Crippen molar-refractivity contribution in [1.29, 1.82) is 0 Å². The number of nitrogens with one attached hydrogen (secondary N) is 1. The summed E-state index contributed by atoms with van der Waals surface area (Å²) in [5, 5.41) is 2.68. The first-order chi connectivity index (χ1) is 8.15. The Bertz CT molecular complexity index is 317. The Morgan fingerprint density at radius 2 is 1.89 bits per heavy atom. The van der Waals surface area contributed by atoms with E-state index in [1.807, 2.05) is 27.7 Å². The highest BCUT2D eigenvalue weighted by molar-refractivity contribution is 5.86. The number of rotatable bonds is 5. The van der Waals surface area contributed by atoms with Crippen LogP contribution in [0.5, 0.6) is 0 Å². The fraction of sp³-hybridized carbons (Fsp3) is 0.692. The van der Waals surface area contributed by atoms with E-state index >= 15 is 0 Å². The largest absolute Gasteiger partial charge is 0.458 e. The molecule has 0 fully saturated rings. The molecule has 1 atom stereocenters. The molecule has 0 rings (SSSR count). The minimum Gasteiger partial charge on any atom is -0.458 e. The van der Waals surface area contributed by atoms with Crippen LogP contribution in [0.25, 0.3) is 0 Å². The molecule has 1 amide bonds. The topological polar surface area (TPSA) is 64.6 Å². The van der Waals surface area contributed by atoms with Crippen LogP contribution >= 0.6 is 0 Å². The first-order valence-electron chi connectivity index (χ1n) is 5.97. The van der Waals surface area contributed by atoms with Crippen LogP contribution in [0.15, 0.2) is 12.2 Å². The SMILES string of the molecule is C=C(C)C(=O)OCC(CC)OC(=O)NC(C)(C)C. The summed E-state index contributed by atoms with van der Waals surface area (Å²) in [6, 6.07) is 0. The minimum absolute atomic E-state index is 0.0414. The fourth-order valence-electron chi connectivity index (χ4n) is 1.01. The van der Waals surface area contributed by atoms with Gasteiger partial charge in [-0.15, -0.1) is 0 Å². The molecule has 0 saturated heterocycles.